The van der Waals surface area contributed by atoms with E-state index < -0.39 is 12.0 Å². The average molecular weight is 375 g/mol. The number of hydrogen-bond acceptors (Lipinski definition) is 5. The van der Waals surface area contributed by atoms with Gasteiger partial charge in [0.05, 0.1) is 11.4 Å². The first-order chi connectivity index (χ1) is 12.5. The van der Waals surface area contributed by atoms with Crippen molar-refractivity contribution < 1.29 is 9.90 Å². The Morgan fingerprint density at radius 3 is 2.96 bits per heavy atom. The van der Waals surface area contributed by atoms with Crippen LogP contribution in [0.4, 0.5) is 0 Å². The van der Waals surface area contributed by atoms with Crippen LogP contribution < -0.4 is 5.56 Å². The second-order valence-electron chi connectivity index (χ2n) is 7.75. The second kappa shape index (κ2) is 6.78. The number of aromatic amines is 1. The lowest BCUT2D eigenvalue weighted by Crippen LogP contribution is -2.46. The van der Waals surface area contributed by atoms with E-state index in [1.54, 1.807) is 11.3 Å². The van der Waals surface area contributed by atoms with Crippen LogP contribution in [0, 0.1) is 5.92 Å². The fourth-order valence-corrected chi connectivity index (χ4v) is 5.79. The van der Waals surface area contributed by atoms with Crippen LogP contribution in [0.2, 0.25) is 0 Å². The standard InChI is InChI=1S/C19H25N3O3S/c1-10-6-7-12-14(9-10)26-18-15(12)17(23)20-16(21-18)11(2)22-8-4-3-5-13(22)19(24)25/h10-11,13H,3-9H2,1-2H3,(H,24,25)(H,20,21,23). The van der Waals surface area contributed by atoms with Crippen LogP contribution in [0.15, 0.2) is 4.79 Å². The van der Waals surface area contributed by atoms with Gasteiger partial charge in [-0.15, -0.1) is 11.3 Å². The molecule has 2 aromatic heterocycles. The zero-order valence-electron chi connectivity index (χ0n) is 15.2. The molecule has 0 amide bonds. The Balaban J connectivity index is 1.73. The molecule has 2 aliphatic rings. The lowest BCUT2D eigenvalue weighted by Gasteiger charge is -2.36. The molecular formula is C19H25N3O3S. The normalized spacial score (nSPS) is 25.2. The van der Waals surface area contributed by atoms with Crippen molar-refractivity contribution in [1.82, 2.24) is 14.9 Å². The van der Waals surface area contributed by atoms with Gasteiger partial charge in [-0.3, -0.25) is 14.5 Å². The van der Waals surface area contributed by atoms with Crippen LogP contribution >= 0.6 is 11.3 Å². The Morgan fingerprint density at radius 2 is 2.19 bits per heavy atom. The van der Waals surface area contributed by atoms with Gasteiger partial charge in [0.25, 0.3) is 5.56 Å². The van der Waals surface area contributed by atoms with E-state index in [9.17, 15) is 14.7 Å². The minimum atomic E-state index is -0.791. The van der Waals surface area contributed by atoms with E-state index in [-0.39, 0.29) is 11.6 Å². The van der Waals surface area contributed by atoms with Gasteiger partial charge in [-0.05, 0) is 57.1 Å². The van der Waals surface area contributed by atoms with Gasteiger partial charge in [0.15, 0.2) is 0 Å². The van der Waals surface area contributed by atoms with Gasteiger partial charge >= 0.3 is 5.97 Å². The summed E-state index contributed by atoms with van der Waals surface area (Å²) >= 11 is 1.64. The number of nitrogens with one attached hydrogen (secondary N) is 1. The molecule has 3 heterocycles. The zero-order chi connectivity index (χ0) is 18.4. The summed E-state index contributed by atoms with van der Waals surface area (Å²) in [6.07, 6.45) is 5.64. The number of nitrogens with zero attached hydrogens (tertiary/aromatic N) is 2. The number of likely N-dealkylation sites (tertiary alicyclic amines) is 1. The lowest BCUT2D eigenvalue weighted by atomic mass is 9.89. The van der Waals surface area contributed by atoms with Crippen molar-refractivity contribution in [3.63, 3.8) is 0 Å². The minimum absolute atomic E-state index is 0.0761. The molecule has 2 N–H and O–H groups in total. The molecule has 6 nitrogen and oxygen atoms in total. The number of carboxylic acids is 1. The molecule has 0 aromatic carbocycles. The first kappa shape index (κ1) is 17.7. The highest BCUT2D eigenvalue weighted by Gasteiger charge is 2.33. The van der Waals surface area contributed by atoms with Crippen molar-refractivity contribution in [3.05, 3.63) is 26.6 Å². The van der Waals surface area contributed by atoms with E-state index >= 15 is 0 Å². The van der Waals surface area contributed by atoms with Crippen LogP contribution in [0.1, 0.15) is 61.8 Å². The Bertz CT molecular complexity index is 903. The third-order valence-corrected chi connectivity index (χ3v) is 7.05. The van der Waals surface area contributed by atoms with Crippen molar-refractivity contribution in [3.8, 4) is 0 Å². The van der Waals surface area contributed by atoms with Gasteiger partial charge in [0, 0.05) is 4.88 Å². The molecule has 26 heavy (non-hydrogen) atoms. The molecule has 7 heteroatoms. The maximum Gasteiger partial charge on any atom is 0.320 e. The maximum atomic E-state index is 12.8. The highest BCUT2D eigenvalue weighted by molar-refractivity contribution is 7.18. The third kappa shape index (κ3) is 2.97. The third-order valence-electron chi connectivity index (χ3n) is 5.91. The van der Waals surface area contributed by atoms with Gasteiger partial charge in [-0.25, -0.2) is 4.98 Å². The largest absolute Gasteiger partial charge is 0.480 e. The molecule has 1 aliphatic heterocycles. The molecule has 1 saturated heterocycles. The molecule has 3 unspecified atom stereocenters. The molecule has 3 atom stereocenters. The summed E-state index contributed by atoms with van der Waals surface area (Å²) in [4.78, 5) is 36.2. The van der Waals surface area contributed by atoms with E-state index in [0.29, 0.717) is 18.2 Å². The molecule has 4 rings (SSSR count). The van der Waals surface area contributed by atoms with Gasteiger partial charge < -0.3 is 10.1 Å². The van der Waals surface area contributed by atoms with E-state index in [2.05, 4.69) is 11.9 Å². The highest BCUT2D eigenvalue weighted by Crippen LogP contribution is 2.36. The summed E-state index contributed by atoms with van der Waals surface area (Å²) in [6.45, 7) is 4.92. The molecule has 1 aliphatic carbocycles. The first-order valence-electron chi connectivity index (χ1n) is 9.48. The zero-order valence-corrected chi connectivity index (χ0v) is 16.1. The predicted molar refractivity (Wildman–Crippen MR) is 102 cm³/mol. The quantitative estimate of drug-likeness (QED) is 0.861. The molecule has 140 valence electrons. The van der Waals surface area contributed by atoms with Crippen LogP contribution in [-0.2, 0) is 17.6 Å². The van der Waals surface area contributed by atoms with E-state index in [0.717, 1.165) is 48.9 Å². The predicted octanol–water partition coefficient (Wildman–Crippen LogP) is 3.11. The van der Waals surface area contributed by atoms with Crippen LogP contribution in [0.25, 0.3) is 10.2 Å². The summed E-state index contributed by atoms with van der Waals surface area (Å²) in [6, 6.07) is -0.719. The Kier molecular flexibility index (Phi) is 4.61. The number of rotatable bonds is 3. The average Bonchev–Trinajstić information content (AvgIpc) is 2.98. The number of fused-ring (bicyclic) bond motifs is 3. The fourth-order valence-electron chi connectivity index (χ4n) is 4.40. The second-order valence-corrected chi connectivity index (χ2v) is 8.83. The molecule has 0 saturated carbocycles. The van der Waals surface area contributed by atoms with Crippen molar-refractivity contribution >= 4 is 27.5 Å². The van der Waals surface area contributed by atoms with Crippen molar-refractivity contribution in [1.29, 1.82) is 0 Å². The summed E-state index contributed by atoms with van der Waals surface area (Å²) in [5.74, 6) is 0.445. The topological polar surface area (TPSA) is 86.3 Å². The van der Waals surface area contributed by atoms with E-state index in [1.807, 2.05) is 11.8 Å². The first-order valence-corrected chi connectivity index (χ1v) is 10.3. The van der Waals surface area contributed by atoms with Crippen LogP contribution in [0.3, 0.4) is 0 Å². The van der Waals surface area contributed by atoms with Crippen LogP contribution in [0.5, 0.6) is 0 Å². The van der Waals surface area contributed by atoms with Gasteiger partial charge in [-0.1, -0.05) is 13.3 Å². The summed E-state index contributed by atoms with van der Waals surface area (Å²) in [7, 11) is 0. The number of thiophene rings is 1. The lowest BCUT2D eigenvalue weighted by molar-refractivity contribution is -0.145. The van der Waals surface area contributed by atoms with Gasteiger partial charge in [0.2, 0.25) is 0 Å². The van der Waals surface area contributed by atoms with Crippen molar-refractivity contribution in [2.45, 2.75) is 64.5 Å². The Labute approximate surface area is 156 Å². The van der Waals surface area contributed by atoms with Crippen LogP contribution in [-0.4, -0.2) is 38.5 Å². The van der Waals surface area contributed by atoms with Crippen molar-refractivity contribution in [2.24, 2.45) is 5.92 Å². The number of H-pyrrole nitrogens is 1. The fraction of sp³-hybridized carbons (Fsp3) is 0.632. The number of aryl methyl sites for hydroxylation is 1. The molecule has 0 bridgehead atoms. The Hall–Kier alpha value is -1.73. The molecular weight excluding hydrogens is 350 g/mol. The SMILES string of the molecule is CC1CCc2c(sc3nc(C(C)N4CCCCC4C(=O)O)[nH]c(=O)c23)C1. The Morgan fingerprint density at radius 1 is 1.38 bits per heavy atom. The highest BCUT2D eigenvalue weighted by atomic mass is 32.1. The molecule has 0 radical (unpaired) electrons. The molecule has 2 aromatic rings. The monoisotopic (exact) mass is 375 g/mol. The summed E-state index contributed by atoms with van der Waals surface area (Å²) < 4.78 is 0. The number of carboxylic acid groups (broad SMARTS) is 1. The molecule has 1 fully saturated rings. The number of piperidine rings is 1. The number of aromatic nitrogens is 2. The summed E-state index contributed by atoms with van der Waals surface area (Å²) in [5, 5.41) is 10.3. The minimum Gasteiger partial charge on any atom is -0.480 e. The van der Waals surface area contributed by atoms with Crippen molar-refractivity contribution in [2.75, 3.05) is 6.54 Å². The number of hydrogen-bond donors (Lipinski definition) is 2. The maximum absolute atomic E-state index is 12.8. The number of aliphatic carboxylic acids is 1. The number of carbonyl (C=O) groups is 1. The van der Waals surface area contributed by atoms with Gasteiger partial charge in [-0.2, -0.15) is 0 Å². The smallest absolute Gasteiger partial charge is 0.320 e. The van der Waals surface area contributed by atoms with E-state index in [1.165, 1.54) is 10.4 Å². The van der Waals surface area contributed by atoms with Gasteiger partial charge in [0.1, 0.15) is 16.7 Å². The summed E-state index contributed by atoms with van der Waals surface area (Å²) in [5.41, 5.74) is 1.10. The molecule has 0 spiro atoms. The van der Waals surface area contributed by atoms with E-state index in [4.69, 9.17) is 4.98 Å².